The first-order chi connectivity index (χ1) is 7.88. The second-order valence-electron chi connectivity index (χ2n) is 4.72. The minimum absolute atomic E-state index is 0.290. The predicted octanol–water partition coefficient (Wildman–Crippen LogP) is 1.78. The molecule has 3 N–H and O–H groups in total. The summed E-state index contributed by atoms with van der Waals surface area (Å²) < 4.78 is 5.45. The molecule has 4 heteroatoms. The fourth-order valence-corrected chi connectivity index (χ4v) is 4.18. The molecule has 0 bridgehead atoms. The second-order valence-corrected chi connectivity index (χ2v) is 5.89. The normalized spacial score (nSPS) is 25.9. The number of aryl methyl sites for hydroxylation is 2. The summed E-state index contributed by atoms with van der Waals surface area (Å²) in [5.74, 6) is 6.25. The largest absolute Gasteiger partial charge is 0.381 e. The van der Waals surface area contributed by atoms with Crippen molar-refractivity contribution in [1.82, 2.24) is 5.43 Å². The fourth-order valence-electron chi connectivity index (χ4n) is 2.77. The zero-order valence-electron chi connectivity index (χ0n) is 9.37. The third-order valence-corrected chi connectivity index (χ3v) is 5.01. The SMILES string of the molecule is NNC(c1cc2c(s1)CCC2)C1CCOC1. The molecule has 1 aliphatic carbocycles. The van der Waals surface area contributed by atoms with Gasteiger partial charge in [0.15, 0.2) is 0 Å². The molecule has 2 aliphatic rings. The number of hydrogen-bond donors (Lipinski definition) is 2. The Kier molecular flexibility index (Phi) is 2.98. The molecule has 1 aromatic heterocycles. The first-order valence-electron chi connectivity index (χ1n) is 6.04. The molecule has 3 rings (SSSR count). The van der Waals surface area contributed by atoms with Crippen molar-refractivity contribution in [3.05, 3.63) is 21.4 Å². The highest BCUT2D eigenvalue weighted by Crippen LogP contribution is 2.37. The van der Waals surface area contributed by atoms with E-state index in [0.717, 1.165) is 19.6 Å². The minimum Gasteiger partial charge on any atom is -0.381 e. The topological polar surface area (TPSA) is 47.3 Å². The van der Waals surface area contributed by atoms with E-state index >= 15 is 0 Å². The van der Waals surface area contributed by atoms with Gasteiger partial charge in [-0.1, -0.05) is 0 Å². The molecule has 88 valence electrons. The number of thiophene rings is 1. The summed E-state index contributed by atoms with van der Waals surface area (Å²) in [5, 5.41) is 0. The van der Waals surface area contributed by atoms with E-state index in [9.17, 15) is 0 Å². The lowest BCUT2D eigenvalue weighted by molar-refractivity contribution is 0.177. The number of fused-ring (bicyclic) bond motifs is 1. The third-order valence-electron chi connectivity index (χ3n) is 3.69. The number of rotatable bonds is 3. The van der Waals surface area contributed by atoms with Crippen LogP contribution in [0.1, 0.15) is 34.2 Å². The molecule has 1 aliphatic heterocycles. The quantitative estimate of drug-likeness (QED) is 0.623. The Morgan fingerprint density at radius 3 is 3.12 bits per heavy atom. The van der Waals surface area contributed by atoms with Crippen molar-refractivity contribution in [2.45, 2.75) is 31.7 Å². The standard InChI is InChI=1S/C12H18N2OS/c13-14-12(9-4-5-15-7-9)11-6-8-2-1-3-10(8)16-11/h6,9,12,14H,1-5,7,13H2. The monoisotopic (exact) mass is 238 g/mol. The van der Waals surface area contributed by atoms with E-state index in [1.54, 1.807) is 10.4 Å². The first kappa shape index (κ1) is 10.7. The molecule has 0 radical (unpaired) electrons. The Labute approximate surface area is 100.0 Å². The van der Waals surface area contributed by atoms with Crippen LogP contribution in [0.2, 0.25) is 0 Å². The average Bonchev–Trinajstić information content (AvgIpc) is 2.91. The lowest BCUT2D eigenvalue weighted by atomic mass is 9.98. The molecule has 1 saturated heterocycles. The van der Waals surface area contributed by atoms with E-state index in [-0.39, 0.29) is 6.04 Å². The molecule has 2 unspecified atom stereocenters. The maximum atomic E-state index is 5.70. The highest BCUT2D eigenvalue weighted by Gasteiger charge is 2.28. The lowest BCUT2D eigenvalue weighted by Crippen LogP contribution is -2.33. The van der Waals surface area contributed by atoms with Gasteiger partial charge in [-0.25, -0.2) is 0 Å². The zero-order chi connectivity index (χ0) is 11.0. The van der Waals surface area contributed by atoms with Crippen LogP contribution < -0.4 is 11.3 Å². The Morgan fingerprint density at radius 2 is 2.44 bits per heavy atom. The van der Waals surface area contributed by atoms with Gasteiger partial charge >= 0.3 is 0 Å². The Bertz CT molecular complexity index is 350. The maximum Gasteiger partial charge on any atom is 0.0604 e. The van der Waals surface area contributed by atoms with Gasteiger partial charge in [-0.05, 0) is 37.3 Å². The van der Waals surface area contributed by atoms with Crippen molar-refractivity contribution in [3.8, 4) is 0 Å². The Hall–Kier alpha value is -0.420. The van der Waals surface area contributed by atoms with E-state index in [1.807, 2.05) is 11.3 Å². The number of ether oxygens (including phenoxy) is 1. The van der Waals surface area contributed by atoms with Gasteiger partial charge in [0.05, 0.1) is 12.6 Å². The molecule has 3 nitrogen and oxygen atoms in total. The van der Waals surface area contributed by atoms with Gasteiger partial charge in [0.1, 0.15) is 0 Å². The van der Waals surface area contributed by atoms with E-state index in [0.29, 0.717) is 5.92 Å². The molecule has 2 atom stereocenters. The van der Waals surface area contributed by atoms with E-state index in [2.05, 4.69) is 11.5 Å². The Morgan fingerprint density at radius 1 is 1.50 bits per heavy atom. The first-order valence-corrected chi connectivity index (χ1v) is 6.85. The molecular formula is C12H18N2OS. The van der Waals surface area contributed by atoms with E-state index in [1.165, 1.54) is 24.1 Å². The van der Waals surface area contributed by atoms with Gasteiger partial charge in [0.25, 0.3) is 0 Å². The summed E-state index contributed by atoms with van der Waals surface area (Å²) in [6.45, 7) is 1.73. The molecular weight excluding hydrogens is 220 g/mol. The van der Waals surface area contributed by atoms with Gasteiger partial charge in [-0.3, -0.25) is 11.3 Å². The molecule has 16 heavy (non-hydrogen) atoms. The molecule has 1 aromatic rings. The summed E-state index contributed by atoms with van der Waals surface area (Å²) in [6.07, 6.45) is 4.97. The highest BCUT2D eigenvalue weighted by molar-refractivity contribution is 7.12. The minimum atomic E-state index is 0.290. The number of nitrogens with one attached hydrogen (secondary N) is 1. The smallest absolute Gasteiger partial charge is 0.0604 e. The van der Waals surface area contributed by atoms with Crippen molar-refractivity contribution in [3.63, 3.8) is 0 Å². The number of nitrogens with two attached hydrogens (primary N) is 1. The lowest BCUT2D eigenvalue weighted by Gasteiger charge is -2.20. The van der Waals surface area contributed by atoms with Gasteiger partial charge in [-0.2, -0.15) is 0 Å². The third kappa shape index (κ3) is 1.80. The number of hydrazine groups is 1. The van der Waals surface area contributed by atoms with Gasteiger partial charge in [0, 0.05) is 22.3 Å². The Balaban J connectivity index is 1.82. The van der Waals surface area contributed by atoms with Gasteiger partial charge < -0.3 is 4.74 Å². The van der Waals surface area contributed by atoms with Crippen molar-refractivity contribution >= 4 is 11.3 Å². The van der Waals surface area contributed by atoms with Crippen LogP contribution in [-0.4, -0.2) is 13.2 Å². The van der Waals surface area contributed by atoms with Crippen LogP contribution >= 0.6 is 11.3 Å². The summed E-state index contributed by atoms with van der Waals surface area (Å²) >= 11 is 1.94. The van der Waals surface area contributed by atoms with Gasteiger partial charge in [-0.15, -0.1) is 11.3 Å². The van der Waals surface area contributed by atoms with Crippen LogP contribution in [0.4, 0.5) is 0 Å². The van der Waals surface area contributed by atoms with Crippen LogP contribution in [-0.2, 0) is 17.6 Å². The van der Waals surface area contributed by atoms with Crippen molar-refractivity contribution < 1.29 is 4.74 Å². The average molecular weight is 238 g/mol. The van der Waals surface area contributed by atoms with Crippen LogP contribution in [0.5, 0.6) is 0 Å². The predicted molar refractivity (Wildman–Crippen MR) is 65.3 cm³/mol. The molecule has 0 spiro atoms. The van der Waals surface area contributed by atoms with Crippen molar-refractivity contribution in [2.24, 2.45) is 11.8 Å². The molecule has 0 amide bonds. The van der Waals surface area contributed by atoms with Crippen molar-refractivity contribution in [2.75, 3.05) is 13.2 Å². The summed E-state index contributed by atoms with van der Waals surface area (Å²) in [4.78, 5) is 2.98. The fraction of sp³-hybridized carbons (Fsp3) is 0.667. The second kappa shape index (κ2) is 4.45. The van der Waals surface area contributed by atoms with E-state index < -0.39 is 0 Å². The van der Waals surface area contributed by atoms with Crippen LogP contribution in [0.3, 0.4) is 0 Å². The molecule has 2 heterocycles. The van der Waals surface area contributed by atoms with Crippen LogP contribution in [0, 0.1) is 5.92 Å². The molecule has 1 fully saturated rings. The van der Waals surface area contributed by atoms with Crippen LogP contribution in [0.15, 0.2) is 6.07 Å². The van der Waals surface area contributed by atoms with E-state index in [4.69, 9.17) is 10.6 Å². The summed E-state index contributed by atoms with van der Waals surface area (Å²) in [5.41, 5.74) is 4.53. The molecule has 0 saturated carbocycles. The summed E-state index contributed by atoms with van der Waals surface area (Å²) in [6, 6.07) is 2.65. The summed E-state index contributed by atoms with van der Waals surface area (Å²) in [7, 11) is 0. The molecule has 0 aromatic carbocycles. The zero-order valence-corrected chi connectivity index (χ0v) is 10.2. The number of hydrogen-bond acceptors (Lipinski definition) is 4. The van der Waals surface area contributed by atoms with Gasteiger partial charge in [0.2, 0.25) is 0 Å². The highest BCUT2D eigenvalue weighted by atomic mass is 32.1. The maximum absolute atomic E-state index is 5.70. The van der Waals surface area contributed by atoms with Crippen molar-refractivity contribution in [1.29, 1.82) is 0 Å². The van der Waals surface area contributed by atoms with Crippen LogP contribution in [0.25, 0.3) is 0 Å².